The molecule has 1 fully saturated rings. The van der Waals surface area contributed by atoms with Gasteiger partial charge >= 0.3 is 0 Å². The van der Waals surface area contributed by atoms with E-state index in [2.05, 4.69) is 6.58 Å². The number of carbonyl (C=O) groups is 1. The Balaban J connectivity index is 1.85. The van der Waals surface area contributed by atoms with Crippen molar-refractivity contribution in [3.8, 4) is 0 Å². The lowest BCUT2D eigenvalue weighted by molar-refractivity contribution is 0.0989. The maximum atomic E-state index is 12.8. The van der Waals surface area contributed by atoms with E-state index in [9.17, 15) is 13.2 Å². The summed E-state index contributed by atoms with van der Waals surface area (Å²) < 4.78 is 25.4. The zero-order valence-corrected chi connectivity index (χ0v) is 14.7. The SMILES string of the molecule is C=CCN(C(=O)c1ccc(N2CCCS2(=O)=O)cc1)c1ccccc1. The van der Waals surface area contributed by atoms with E-state index >= 15 is 0 Å². The second-order valence-corrected chi connectivity index (χ2v) is 7.84. The highest BCUT2D eigenvalue weighted by Gasteiger charge is 2.28. The first-order valence-corrected chi connectivity index (χ1v) is 9.72. The second kappa shape index (κ2) is 7.11. The molecule has 0 atom stereocenters. The van der Waals surface area contributed by atoms with Gasteiger partial charge in [0, 0.05) is 24.3 Å². The summed E-state index contributed by atoms with van der Waals surface area (Å²) in [6, 6.07) is 16.1. The van der Waals surface area contributed by atoms with E-state index in [1.54, 1.807) is 35.2 Å². The van der Waals surface area contributed by atoms with Crippen LogP contribution in [0.15, 0.2) is 67.3 Å². The van der Waals surface area contributed by atoms with Crippen molar-refractivity contribution in [3.63, 3.8) is 0 Å². The normalized spacial score (nSPS) is 15.8. The van der Waals surface area contributed by atoms with Gasteiger partial charge in [-0.2, -0.15) is 0 Å². The highest BCUT2D eigenvalue weighted by Crippen LogP contribution is 2.25. The van der Waals surface area contributed by atoms with E-state index < -0.39 is 10.0 Å². The van der Waals surface area contributed by atoms with Gasteiger partial charge in [0.25, 0.3) is 5.91 Å². The second-order valence-electron chi connectivity index (χ2n) is 5.83. The third-order valence-corrected chi connectivity index (χ3v) is 6.00. The fourth-order valence-corrected chi connectivity index (χ4v) is 4.46. The van der Waals surface area contributed by atoms with Crippen LogP contribution < -0.4 is 9.21 Å². The summed E-state index contributed by atoms with van der Waals surface area (Å²) in [5, 5.41) is 0. The number of carbonyl (C=O) groups excluding carboxylic acids is 1. The first-order valence-electron chi connectivity index (χ1n) is 8.11. The molecule has 0 N–H and O–H groups in total. The van der Waals surface area contributed by atoms with Crippen molar-refractivity contribution in [1.29, 1.82) is 0 Å². The highest BCUT2D eigenvalue weighted by atomic mass is 32.2. The van der Waals surface area contributed by atoms with Crippen molar-refractivity contribution in [2.45, 2.75) is 6.42 Å². The van der Waals surface area contributed by atoms with Gasteiger partial charge in [-0.05, 0) is 42.8 Å². The van der Waals surface area contributed by atoms with Gasteiger partial charge in [-0.3, -0.25) is 9.10 Å². The number of anilines is 2. The van der Waals surface area contributed by atoms with E-state index in [0.717, 1.165) is 5.69 Å². The van der Waals surface area contributed by atoms with E-state index in [1.807, 2.05) is 30.3 Å². The minimum atomic E-state index is -3.22. The van der Waals surface area contributed by atoms with E-state index in [1.165, 1.54) is 4.31 Å². The van der Waals surface area contributed by atoms with Gasteiger partial charge in [-0.25, -0.2) is 8.42 Å². The molecule has 0 unspecified atom stereocenters. The van der Waals surface area contributed by atoms with Gasteiger partial charge in [0.2, 0.25) is 10.0 Å². The van der Waals surface area contributed by atoms with Gasteiger partial charge in [-0.15, -0.1) is 6.58 Å². The van der Waals surface area contributed by atoms with Gasteiger partial charge in [0.1, 0.15) is 0 Å². The van der Waals surface area contributed by atoms with Crippen LogP contribution in [-0.2, 0) is 10.0 Å². The van der Waals surface area contributed by atoms with Crippen LogP contribution in [0.25, 0.3) is 0 Å². The minimum Gasteiger partial charge on any atom is -0.305 e. The summed E-state index contributed by atoms with van der Waals surface area (Å²) in [4.78, 5) is 14.5. The molecule has 130 valence electrons. The molecule has 6 heteroatoms. The first-order chi connectivity index (χ1) is 12.0. The molecule has 0 aromatic heterocycles. The van der Waals surface area contributed by atoms with Gasteiger partial charge in [0.15, 0.2) is 0 Å². The summed E-state index contributed by atoms with van der Waals surface area (Å²) >= 11 is 0. The van der Waals surface area contributed by atoms with Crippen LogP contribution in [0, 0.1) is 0 Å². The average molecular weight is 356 g/mol. The number of para-hydroxylation sites is 1. The molecule has 1 aliphatic heterocycles. The number of amides is 1. The third kappa shape index (κ3) is 3.58. The molecule has 0 radical (unpaired) electrons. The maximum absolute atomic E-state index is 12.8. The van der Waals surface area contributed by atoms with E-state index in [4.69, 9.17) is 0 Å². The standard InChI is InChI=1S/C19H20N2O3S/c1-2-13-20(17-7-4-3-5-8-17)19(22)16-9-11-18(12-10-16)21-14-6-15-25(21,23)24/h2-5,7-12H,1,6,13-15H2. The van der Waals surface area contributed by atoms with Gasteiger partial charge in [-0.1, -0.05) is 24.3 Å². The van der Waals surface area contributed by atoms with E-state index in [-0.39, 0.29) is 11.7 Å². The summed E-state index contributed by atoms with van der Waals surface area (Å²) in [5.41, 5.74) is 1.90. The Labute approximate surface area is 148 Å². The minimum absolute atomic E-state index is 0.151. The predicted octanol–water partition coefficient (Wildman–Crippen LogP) is 3.06. The Morgan fingerprint density at radius 2 is 1.80 bits per heavy atom. The summed E-state index contributed by atoms with van der Waals surface area (Å²) in [7, 11) is -3.22. The molecule has 1 heterocycles. The van der Waals surface area contributed by atoms with Crippen LogP contribution in [0.1, 0.15) is 16.8 Å². The van der Waals surface area contributed by atoms with Crippen molar-refractivity contribution in [1.82, 2.24) is 0 Å². The van der Waals surface area contributed by atoms with Crippen molar-refractivity contribution in [3.05, 3.63) is 72.8 Å². The molecule has 3 rings (SSSR count). The molecule has 0 bridgehead atoms. The number of hydrogen-bond donors (Lipinski definition) is 0. The molecule has 0 spiro atoms. The van der Waals surface area contributed by atoms with Crippen molar-refractivity contribution < 1.29 is 13.2 Å². The summed E-state index contributed by atoms with van der Waals surface area (Å²) in [6.45, 7) is 4.60. The Bertz CT molecular complexity index is 861. The number of sulfonamides is 1. The summed E-state index contributed by atoms with van der Waals surface area (Å²) in [6.07, 6.45) is 2.31. The molecule has 25 heavy (non-hydrogen) atoms. The molecule has 1 saturated heterocycles. The largest absolute Gasteiger partial charge is 0.305 e. The highest BCUT2D eigenvalue weighted by molar-refractivity contribution is 7.93. The van der Waals surface area contributed by atoms with Crippen LogP contribution in [0.3, 0.4) is 0 Å². The van der Waals surface area contributed by atoms with Gasteiger partial charge in [0.05, 0.1) is 11.4 Å². The first kappa shape index (κ1) is 17.2. The predicted molar refractivity (Wildman–Crippen MR) is 101 cm³/mol. The van der Waals surface area contributed by atoms with Crippen LogP contribution >= 0.6 is 0 Å². The lowest BCUT2D eigenvalue weighted by Crippen LogP contribution is -2.31. The molecule has 5 nitrogen and oxygen atoms in total. The lowest BCUT2D eigenvalue weighted by atomic mass is 10.1. The average Bonchev–Trinajstić information content (AvgIpc) is 2.99. The van der Waals surface area contributed by atoms with Crippen molar-refractivity contribution >= 4 is 27.3 Å². The Kier molecular flexibility index (Phi) is 4.90. The molecule has 0 aliphatic carbocycles. The molecular weight excluding hydrogens is 336 g/mol. The van der Waals surface area contributed by atoms with Crippen LogP contribution in [0.4, 0.5) is 11.4 Å². The fraction of sp³-hybridized carbons (Fsp3) is 0.211. The molecule has 2 aromatic rings. The lowest BCUT2D eigenvalue weighted by Gasteiger charge is -2.22. The maximum Gasteiger partial charge on any atom is 0.258 e. The van der Waals surface area contributed by atoms with Crippen LogP contribution in [0.5, 0.6) is 0 Å². The zero-order valence-electron chi connectivity index (χ0n) is 13.8. The van der Waals surface area contributed by atoms with Crippen LogP contribution in [-0.4, -0.2) is 33.2 Å². The topological polar surface area (TPSA) is 57.7 Å². The quantitative estimate of drug-likeness (QED) is 0.774. The van der Waals surface area contributed by atoms with Crippen LogP contribution in [0.2, 0.25) is 0 Å². The number of hydrogen-bond acceptors (Lipinski definition) is 3. The smallest absolute Gasteiger partial charge is 0.258 e. The molecule has 0 saturated carbocycles. The zero-order chi connectivity index (χ0) is 17.9. The molecule has 1 amide bonds. The Hall–Kier alpha value is -2.60. The number of nitrogens with zero attached hydrogens (tertiary/aromatic N) is 2. The van der Waals surface area contributed by atoms with Gasteiger partial charge < -0.3 is 4.90 Å². The third-order valence-electron chi connectivity index (χ3n) is 4.13. The number of rotatable bonds is 5. The molecule has 1 aliphatic rings. The van der Waals surface area contributed by atoms with E-state index in [0.29, 0.717) is 30.8 Å². The van der Waals surface area contributed by atoms with Crippen molar-refractivity contribution in [2.75, 3.05) is 28.0 Å². The fourth-order valence-electron chi connectivity index (χ4n) is 2.90. The Morgan fingerprint density at radius 3 is 2.36 bits per heavy atom. The Morgan fingerprint density at radius 1 is 1.12 bits per heavy atom. The monoisotopic (exact) mass is 356 g/mol. The molecule has 2 aromatic carbocycles. The molecular formula is C19H20N2O3S. The van der Waals surface area contributed by atoms with Crippen molar-refractivity contribution in [2.24, 2.45) is 0 Å². The summed E-state index contributed by atoms with van der Waals surface area (Å²) in [5.74, 6) is 0.0244. The number of benzene rings is 2.